The van der Waals surface area contributed by atoms with Crippen LogP contribution < -0.4 is 0 Å². The average molecular weight is 594 g/mol. The Balaban J connectivity index is 1.42. The van der Waals surface area contributed by atoms with E-state index in [0.29, 0.717) is 6.61 Å². The van der Waals surface area contributed by atoms with Crippen molar-refractivity contribution in [3.05, 3.63) is 97.1 Å². The van der Waals surface area contributed by atoms with Crippen LogP contribution in [0.3, 0.4) is 0 Å². The lowest BCUT2D eigenvalue weighted by Crippen LogP contribution is -2.33. The molecule has 0 spiro atoms. The summed E-state index contributed by atoms with van der Waals surface area (Å²) in [5.41, 5.74) is 2.41. The topological polar surface area (TPSA) is 31.2 Å². The third-order valence-corrected chi connectivity index (χ3v) is 9.52. The Hall–Kier alpha value is -4.37. The SMILES string of the molecule is CC(C)(C)CC(C(=O)OCCCn1c2c3ccccc3c3ccccc3c2c2c3ccccc3c3ccccc3c21)C(C)(C)C. The molecule has 3 heteroatoms. The first-order valence-electron chi connectivity index (χ1n) is 16.4. The minimum atomic E-state index is -0.156. The molecule has 1 atom stereocenters. The maximum absolute atomic E-state index is 13.5. The van der Waals surface area contributed by atoms with Gasteiger partial charge in [0, 0.05) is 28.1 Å². The van der Waals surface area contributed by atoms with E-state index in [1.165, 1.54) is 64.9 Å². The van der Waals surface area contributed by atoms with Crippen LogP contribution in [0.5, 0.6) is 0 Å². The first-order valence-corrected chi connectivity index (χ1v) is 16.4. The predicted molar refractivity (Wildman–Crippen MR) is 192 cm³/mol. The smallest absolute Gasteiger partial charge is 0.309 e. The highest BCUT2D eigenvalue weighted by molar-refractivity contribution is 6.39. The van der Waals surface area contributed by atoms with Crippen LogP contribution in [-0.2, 0) is 16.1 Å². The Kier molecular flexibility index (Phi) is 7.11. The summed E-state index contributed by atoms with van der Waals surface area (Å²) in [7, 11) is 0. The van der Waals surface area contributed by atoms with Crippen molar-refractivity contribution in [2.45, 2.75) is 60.9 Å². The van der Waals surface area contributed by atoms with Gasteiger partial charge in [0.15, 0.2) is 0 Å². The molecule has 7 rings (SSSR count). The molecule has 0 amide bonds. The Morgan fingerprint density at radius 2 is 0.978 bits per heavy atom. The molecular formula is C42H43NO2. The molecule has 0 saturated heterocycles. The van der Waals surface area contributed by atoms with E-state index in [1.807, 2.05) is 0 Å². The van der Waals surface area contributed by atoms with Gasteiger partial charge in [0.25, 0.3) is 0 Å². The van der Waals surface area contributed by atoms with Crippen molar-refractivity contribution < 1.29 is 9.53 Å². The van der Waals surface area contributed by atoms with Crippen LogP contribution in [0, 0.1) is 16.7 Å². The summed E-state index contributed by atoms with van der Waals surface area (Å²) < 4.78 is 8.59. The summed E-state index contributed by atoms with van der Waals surface area (Å²) in [6.45, 7) is 14.2. The summed E-state index contributed by atoms with van der Waals surface area (Å²) in [6.07, 6.45) is 1.54. The Bertz CT molecular complexity index is 2110. The number of fused-ring (bicyclic) bond motifs is 13. The second-order valence-corrected chi connectivity index (χ2v) is 15.0. The molecule has 228 valence electrons. The van der Waals surface area contributed by atoms with Gasteiger partial charge >= 0.3 is 5.97 Å². The number of hydrogen-bond acceptors (Lipinski definition) is 2. The number of ether oxygens (including phenoxy) is 1. The number of aromatic nitrogens is 1. The molecule has 1 unspecified atom stereocenters. The molecule has 0 radical (unpaired) electrons. The lowest BCUT2D eigenvalue weighted by molar-refractivity contribution is -0.154. The first kappa shape index (κ1) is 29.3. The fourth-order valence-corrected chi connectivity index (χ4v) is 7.50. The minimum Gasteiger partial charge on any atom is -0.465 e. The van der Waals surface area contributed by atoms with Crippen LogP contribution in [0.4, 0.5) is 0 Å². The Morgan fingerprint density at radius 1 is 0.600 bits per heavy atom. The van der Waals surface area contributed by atoms with Crippen LogP contribution in [0.1, 0.15) is 54.4 Å². The molecule has 0 aliphatic rings. The molecule has 0 N–H and O–H groups in total. The van der Waals surface area contributed by atoms with Crippen LogP contribution in [0.15, 0.2) is 97.1 Å². The van der Waals surface area contributed by atoms with E-state index in [1.54, 1.807) is 0 Å². The zero-order valence-corrected chi connectivity index (χ0v) is 27.4. The number of rotatable bonds is 6. The average Bonchev–Trinajstić information content (AvgIpc) is 3.37. The van der Waals surface area contributed by atoms with Gasteiger partial charge in [0.1, 0.15) is 0 Å². The van der Waals surface area contributed by atoms with Gasteiger partial charge in [-0.05, 0) is 56.0 Å². The molecule has 7 aromatic rings. The van der Waals surface area contributed by atoms with E-state index in [9.17, 15) is 4.79 Å². The van der Waals surface area contributed by atoms with E-state index < -0.39 is 0 Å². The first-order chi connectivity index (χ1) is 21.5. The summed E-state index contributed by atoms with van der Waals surface area (Å²) in [4.78, 5) is 13.5. The second-order valence-electron chi connectivity index (χ2n) is 15.0. The van der Waals surface area contributed by atoms with E-state index in [2.05, 4.69) is 143 Å². The Morgan fingerprint density at radius 3 is 1.38 bits per heavy atom. The highest BCUT2D eigenvalue weighted by Crippen LogP contribution is 2.46. The van der Waals surface area contributed by atoms with Gasteiger partial charge in [-0.15, -0.1) is 0 Å². The minimum absolute atomic E-state index is 0.0492. The number of carbonyl (C=O) groups excluding carboxylic acids is 1. The quantitative estimate of drug-likeness (QED) is 0.109. The number of aryl methyl sites for hydroxylation is 1. The van der Waals surface area contributed by atoms with Gasteiger partial charge in [-0.2, -0.15) is 0 Å². The lowest BCUT2D eigenvalue weighted by atomic mass is 9.72. The van der Waals surface area contributed by atoms with Gasteiger partial charge in [-0.25, -0.2) is 0 Å². The van der Waals surface area contributed by atoms with Crippen molar-refractivity contribution in [3.63, 3.8) is 0 Å². The van der Waals surface area contributed by atoms with Crippen molar-refractivity contribution in [3.8, 4) is 0 Å². The largest absolute Gasteiger partial charge is 0.465 e. The standard InChI is InChI=1S/C42H43NO2/c1-41(2,3)26-35(42(4,5)6)40(44)45-25-15-24-43-38-33-22-13-9-18-29(33)27-16-7-11-20-31(27)36(38)37-32-21-12-8-17-28(32)30-19-10-14-23-34(30)39(37)43/h7-14,16-23,35H,15,24-26H2,1-6H3. The van der Waals surface area contributed by atoms with Gasteiger partial charge in [0.05, 0.1) is 23.6 Å². The highest BCUT2D eigenvalue weighted by Gasteiger charge is 2.35. The lowest BCUT2D eigenvalue weighted by Gasteiger charge is -2.33. The van der Waals surface area contributed by atoms with Crippen molar-refractivity contribution in [1.82, 2.24) is 4.57 Å². The number of benzene rings is 6. The molecule has 0 fully saturated rings. The number of hydrogen-bond donors (Lipinski definition) is 0. The fourth-order valence-electron chi connectivity index (χ4n) is 7.50. The van der Waals surface area contributed by atoms with Crippen LogP contribution in [0.2, 0.25) is 0 Å². The zero-order valence-electron chi connectivity index (χ0n) is 27.4. The number of nitrogens with zero attached hydrogens (tertiary/aromatic N) is 1. The summed E-state index contributed by atoms with van der Waals surface area (Å²) in [6, 6.07) is 35.3. The maximum atomic E-state index is 13.5. The highest BCUT2D eigenvalue weighted by atomic mass is 16.5. The molecule has 1 aromatic heterocycles. The van der Waals surface area contributed by atoms with Crippen LogP contribution in [0.25, 0.3) is 64.9 Å². The van der Waals surface area contributed by atoms with E-state index in [-0.39, 0.29) is 22.7 Å². The predicted octanol–water partition coefficient (Wildman–Crippen LogP) is 11.4. The molecular weight excluding hydrogens is 550 g/mol. The number of carbonyl (C=O) groups is 1. The molecule has 0 saturated carbocycles. The molecule has 1 heterocycles. The second kappa shape index (κ2) is 10.9. The normalized spacial score (nSPS) is 13.5. The molecule has 45 heavy (non-hydrogen) atoms. The third-order valence-electron chi connectivity index (χ3n) is 9.52. The van der Waals surface area contributed by atoms with E-state index >= 15 is 0 Å². The molecule has 0 aliphatic carbocycles. The summed E-state index contributed by atoms with van der Waals surface area (Å²) in [5, 5.41) is 12.7. The van der Waals surface area contributed by atoms with Crippen LogP contribution >= 0.6 is 0 Å². The molecule has 6 aromatic carbocycles. The fraction of sp³-hybridized carbons (Fsp3) is 0.310. The zero-order chi connectivity index (χ0) is 31.5. The van der Waals surface area contributed by atoms with Crippen LogP contribution in [-0.4, -0.2) is 17.1 Å². The van der Waals surface area contributed by atoms with Crippen molar-refractivity contribution in [2.24, 2.45) is 16.7 Å². The third kappa shape index (κ3) is 5.03. The molecule has 0 bridgehead atoms. The van der Waals surface area contributed by atoms with Gasteiger partial charge < -0.3 is 9.30 Å². The van der Waals surface area contributed by atoms with Gasteiger partial charge in [-0.1, -0.05) is 139 Å². The molecule has 0 aliphatic heterocycles. The van der Waals surface area contributed by atoms with Crippen molar-refractivity contribution in [1.29, 1.82) is 0 Å². The molecule has 3 nitrogen and oxygen atoms in total. The van der Waals surface area contributed by atoms with E-state index in [4.69, 9.17) is 4.74 Å². The Labute approximate surface area is 265 Å². The van der Waals surface area contributed by atoms with Crippen molar-refractivity contribution >= 4 is 70.9 Å². The summed E-state index contributed by atoms with van der Waals surface area (Å²) in [5.74, 6) is -0.219. The van der Waals surface area contributed by atoms with Gasteiger partial charge in [0.2, 0.25) is 0 Å². The van der Waals surface area contributed by atoms with Gasteiger partial charge in [-0.3, -0.25) is 4.79 Å². The van der Waals surface area contributed by atoms with E-state index in [0.717, 1.165) is 19.4 Å². The summed E-state index contributed by atoms with van der Waals surface area (Å²) >= 11 is 0. The maximum Gasteiger partial charge on any atom is 0.309 e. The number of esters is 1. The van der Waals surface area contributed by atoms with Crippen molar-refractivity contribution in [2.75, 3.05) is 6.61 Å². The monoisotopic (exact) mass is 593 g/mol.